The number of carbonyl (C=O) groups is 1. The van der Waals surface area contributed by atoms with Gasteiger partial charge in [-0.25, -0.2) is 18.4 Å². The molecule has 6 rings (SSSR count). The topological polar surface area (TPSA) is 133 Å². The number of pyridine rings is 2. The highest BCUT2D eigenvalue weighted by atomic mass is 35.5. The lowest BCUT2D eigenvalue weighted by molar-refractivity contribution is 0.0247. The molecule has 0 unspecified atom stereocenters. The zero-order chi connectivity index (χ0) is 28.2. The van der Waals surface area contributed by atoms with E-state index in [1.54, 1.807) is 12.3 Å². The number of sulfone groups is 1. The molecule has 2 saturated carbocycles. The number of amides is 1. The largest absolute Gasteiger partial charge is 0.374 e. The van der Waals surface area contributed by atoms with Gasteiger partial charge in [0.25, 0.3) is 5.91 Å². The lowest BCUT2D eigenvalue weighted by atomic mass is 9.83. The van der Waals surface area contributed by atoms with Crippen LogP contribution in [-0.2, 0) is 21.1 Å². The molecule has 10 nitrogen and oxygen atoms in total. The van der Waals surface area contributed by atoms with E-state index in [9.17, 15) is 13.2 Å². The molecule has 1 saturated heterocycles. The zero-order valence-electron chi connectivity index (χ0n) is 22.8. The monoisotopic (exact) mass is 586 g/mol. The van der Waals surface area contributed by atoms with Gasteiger partial charge in [-0.1, -0.05) is 31.4 Å². The molecule has 2 aliphatic carbocycles. The summed E-state index contributed by atoms with van der Waals surface area (Å²) in [6.07, 6.45) is 11.8. The van der Waals surface area contributed by atoms with Gasteiger partial charge in [0.2, 0.25) is 5.95 Å². The average Bonchev–Trinajstić information content (AvgIpc) is 3.53. The molecule has 3 aromatic heterocycles. The van der Waals surface area contributed by atoms with Gasteiger partial charge in [-0.05, 0) is 50.0 Å². The second kappa shape index (κ2) is 10.6. The highest BCUT2D eigenvalue weighted by molar-refractivity contribution is 7.91. The molecule has 0 bridgehead atoms. The minimum atomic E-state index is -3.93. The number of imidazole rings is 1. The average molecular weight is 587 g/mol. The maximum absolute atomic E-state index is 13.2. The highest BCUT2D eigenvalue weighted by Crippen LogP contribution is 2.41. The van der Waals surface area contributed by atoms with Gasteiger partial charge in [-0.15, -0.1) is 0 Å². The molecule has 0 radical (unpaired) electrons. The van der Waals surface area contributed by atoms with E-state index in [0.29, 0.717) is 59.3 Å². The number of nitrogens with two attached hydrogens (primary N) is 1. The standard InChI is InChI=1S/C28H35ClN6O4S/c1-16-6-8-17(9-7-16)15-35-25-22(18-12-19(29)14-31-13-18)32-24(27(30)36)26(40(2,37)38)23(25)33-28(35)34-10-11-39-21-5-3-4-20(21)34/h12-14,16-17,20-21H,3-11,15H2,1-2H3,(H2,30,36)/t16?,17?,20-,21-/m1/s1. The number of ether oxygens (including phenoxy) is 1. The Balaban J connectivity index is 1.66. The van der Waals surface area contributed by atoms with Gasteiger partial charge in [0.15, 0.2) is 9.84 Å². The van der Waals surface area contributed by atoms with Gasteiger partial charge >= 0.3 is 0 Å². The van der Waals surface area contributed by atoms with Crippen LogP contribution in [0.4, 0.5) is 5.95 Å². The Labute approximate surface area is 239 Å². The summed E-state index contributed by atoms with van der Waals surface area (Å²) in [5, 5.41) is 0.398. The summed E-state index contributed by atoms with van der Waals surface area (Å²) in [6, 6.07) is 1.86. The van der Waals surface area contributed by atoms with Crippen molar-refractivity contribution >= 4 is 44.3 Å². The third-order valence-corrected chi connectivity index (χ3v) is 10.1. The van der Waals surface area contributed by atoms with Crippen LogP contribution in [0.2, 0.25) is 5.02 Å². The van der Waals surface area contributed by atoms with Crippen molar-refractivity contribution < 1.29 is 17.9 Å². The number of anilines is 1. The molecule has 4 heterocycles. The molecule has 0 aromatic carbocycles. The molecule has 214 valence electrons. The van der Waals surface area contributed by atoms with Crippen LogP contribution in [0.15, 0.2) is 23.4 Å². The lowest BCUT2D eigenvalue weighted by Crippen LogP contribution is -2.49. The Hall–Kier alpha value is -2.76. The molecule has 40 heavy (non-hydrogen) atoms. The first-order valence-corrected chi connectivity index (χ1v) is 16.3. The summed E-state index contributed by atoms with van der Waals surface area (Å²) >= 11 is 6.33. The molecular formula is C28H35ClN6O4S. The smallest absolute Gasteiger partial charge is 0.268 e. The molecule has 2 atom stereocenters. The molecule has 3 aromatic rings. The second-order valence-electron chi connectivity index (χ2n) is 11.6. The van der Waals surface area contributed by atoms with Crippen LogP contribution in [0.3, 0.4) is 0 Å². The molecule has 1 amide bonds. The van der Waals surface area contributed by atoms with Crippen molar-refractivity contribution in [1.29, 1.82) is 0 Å². The fraction of sp³-hybridized carbons (Fsp3) is 0.571. The van der Waals surface area contributed by atoms with Gasteiger partial charge in [0, 0.05) is 37.3 Å². The Kier molecular flexibility index (Phi) is 7.25. The minimum absolute atomic E-state index is 0.114. The number of carbonyl (C=O) groups excluding carboxylic acids is 1. The number of morpholine rings is 1. The van der Waals surface area contributed by atoms with Crippen molar-refractivity contribution in [2.24, 2.45) is 17.6 Å². The normalized spacial score (nSPS) is 25.3. The van der Waals surface area contributed by atoms with Crippen molar-refractivity contribution in [2.45, 2.75) is 75.5 Å². The van der Waals surface area contributed by atoms with Crippen LogP contribution < -0.4 is 10.6 Å². The van der Waals surface area contributed by atoms with Crippen LogP contribution >= 0.6 is 11.6 Å². The van der Waals surface area contributed by atoms with Gasteiger partial charge in [-0.2, -0.15) is 0 Å². The first-order chi connectivity index (χ1) is 19.1. The van der Waals surface area contributed by atoms with E-state index in [1.165, 1.54) is 6.20 Å². The summed E-state index contributed by atoms with van der Waals surface area (Å²) < 4.78 is 34.7. The van der Waals surface area contributed by atoms with E-state index in [-0.39, 0.29) is 28.3 Å². The van der Waals surface area contributed by atoms with Gasteiger partial charge in [-0.3, -0.25) is 9.78 Å². The van der Waals surface area contributed by atoms with E-state index in [1.807, 2.05) is 0 Å². The molecule has 3 fully saturated rings. The molecule has 1 aliphatic heterocycles. The quantitative estimate of drug-likeness (QED) is 0.453. The van der Waals surface area contributed by atoms with Crippen molar-refractivity contribution in [3.8, 4) is 11.3 Å². The molecule has 12 heteroatoms. The molecular weight excluding hydrogens is 552 g/mol. The predicted octanol–water partition coefficient (Wildman–Crippen LogP) is 4.23. The van der Waals surface area contributed by atoms with E-state index in [2.05, 4.69) is 26.4 Å². The number of fused-ring (bicyclic) bond motifs is 2. The third-order valence-electron chi connectivity index (χ3n) is 8.72. The van der Waals surface area contributed by atoms with E-state index in [0.717, 1.165) is 51.2 Å². The van der Waals surface area contributed by atoms with Gasteiger partial charge in [0.1, 0.15) is 16.1 Å². The van der Waals surface area contributed by atoms with E-state index >= 15 is 0 Å². The Morgan fingerprint density at radius 1 is 1.15 bits per heavy atom. The van der Waals surface area contributed by atoms with Crippen LogP contribution in [0.25, 0.3) is 22.3 Å². The number of hydrogen-bond donors (Lipinski definition) is 1. The van der Waals surface area contributed by atoms with Crippen LogP contribution in [0.5, 0.6) is 0 Å². The number of aromatic nitrogens is 4. The Morgan fingerprint density at radius 3 is 2.62 bits per heavy atom. The Bertz CT molecular complexity index is 1570. The van der Waals surface area contributed by atoms with Crippen LogP contribution in [-0.4, -0.2) is 65.4 Å². The first kappa shape index (κ1) is 27.4. The van der Waals surface area contributed by atoms with Crippen molar-refractivity contribution in [3.63, 3.8) is 0 Å². The third kappa shape index (κ3) is 4.96. The number of hydrogen-bond acceptors (Lipinski definition) is 8. The molecule has 2 N–H and O–H groups in total. The SMILES string of the molecule is CC1CCC(Cn2c(N3CCO[C@@H]4CCC[C@H]43)nc3c(S(C)(=O)=O)c(C(N)=O)nc(-c4cncc(Cl)c4)c32)CC1. The fourth-order valence-corrected chi connectivity index (χ4v) is 7.93. The van der Waals surface area contributed by atoms with Crippen LogP contribution in [0, 0.1) is 11.8 Å². The maximum atomic E-state index is 13.2. The summed E-state index contributed by atoms with van der Waals surface area (Å²) in [5.41, 5.74) is 7.13. The van der Waals surface area contributed by atoms with Gasteiger partial charge in [0.05, 0.1) is 35.0 Å². The second-order valence-corrected chi connectivity index (χ2v) is 14.0. The molecule has 3 aliphatic rings. The summed E-state index contributed by atoms with van der Waals surface area (Å²) in [5.74, 6) is 0.852. The molecule has 0 spiro atoms. The van der Waals surface area contributed by atoms with Crippen molar-refractivity contribution in [2.75, 3.05) is 24.3 Å². The van der Waals surface area contributed by atoms with E-state index in [4.69, 9.17) is 27.1 Å². The highest BCUT2D eigenvalue weighted by Gasteiger charge is 2.40. The maximum Gasteiger partial charge on any atom is 0.268 e. The number of nitrogens with zero attached hydrogens (tertiary/aromatic N) is 5. The van der Waals surface area contributed by atoms with E-state index < -0.39 is 15.7 Å². The predicted molar refractivity (Wildman–Crippen MR) is 153 cm³/mol. The van der Waals surface area contributed by atoms with Crippen molar-refractivity contribution in [3.05, 3.63) is 29.2 Å². The number of primary amides is 1. The number of halogens is 1. The van der Waals surface area contributed by atoms with Crippen LogP contribution in [0.1, 0.15) is 62.4 Å². The Morgan fingerprint density at radius 2 is 1.93 bits per heavy atom. The minimum Gasteiger partial charge on any atom is -0.374 e. The zero-order valence-corrected chi connectivity index (χ0v) is 24.4. The lowest BCUT2D eigenvalue weighted by Gasteiger charge is -2.39. The summed E-state index contributed by atoms with van der Waals surface area (Å²) in [6.45, 7) is 4.17. The van der Waals surface area contributed by atoms with Gasteiger partial charge < -0.3 is 19.9 Å². The first-order valence-electron chi connectivity index (χ1n) is 14.0. The fourth-order valence-electron chi connectivity index (χ4n) is 6.76. The number of rotatable bonds is 6. The van der Waals surface area contributed by atoms with Crippen molar-refractivity contribution in [1.82, 2.24) is 19.5 Å². The summed E-state index contributed by atoms with van der Waals surface area (Å²) in [7, 11) is -3.93. The summed E-state index contributed by atoms with van der Waals surface area (Å²) in [4.78, 5) is 28.6.